The van der Waals surface area contributed by atoms with Crippen LogP contribution in [0.5, 0.6) is 5.75 Å². The Hall–Kier alpha value is -2.24. The minimum atomic E-state index is -0.193. The average Bonchev–Trinajstić information content (AvgIpc) is 2.81. The third-order valence-corrected chi connectivity index (χ3v) is 2.36. The molecular weight excluding hydrogens is 220 g/mol. The van der Waals surface area contributed by atoms with Crippen molar-refractivity contribution in [2.75, 3.05) is 7.11 Å². The van der Waals surface area contributed by atoms with E-state index >= 15 is 0 Å². The Kier molecular flexibility index (Phi) is 3.13. The maximum Gasteiger partial charge on any atom is 0.217 e. The molecule has 2 aromatic heterocycles. The van der Waals surface area contributed by atoms with Crippen LogP contribution in [0.25, 0.3) is 0 Å². The van der Waals surface area contributed by atoms with Gasteiger partial charge in [0.1, 0.15) is 6.33 Å². The molecule has 2 rings (SSSR count). The molecular formula is C11H12N4O2. The molecule has 0 atom stereocenters. The molecule has 17 heavy (non-hydrogen) atoms. The molecule has 2 heterocycles. The van der Waals surface area contributed by atoms with Crippen molar-refractivity contribution < 1.29 is 9.53 Å². The quantitative estimate of drug-likeness (QED) is 0.733. The number of aromatic nitrogens is 4. The molecule has 0 aromatic carbocycles. The molecule has 0 unspecified atom stereocenters. The first kappa shape index (κ1) is 11.3. The van der Waals surface area contributed by atoms with Crippen molar-refractivity contribution in [2.24, 2.45) is 0 Å². The van der Waals surface area contributed by atoms with Crippen LogP contribution in [0.15, 0.2) is 24.9 Å². The molecule has 0 saturated heterocycles. The molecule has 0 aliphatic heterocycles. The van der Waals surface area contributed by atoms with E-state index in [-0.39, 0.29) is 5.78 Å². The number of carbonyl (C=O) groups excluding carboxylic acids is 1. The van der Waals surface area contributed by atoms with E-state index in [1.54, 1.807) is 4.68 Å². The van der Waals surface area contributed by atoms with Crippen LogP contribution in [0, 0.1) is 0 Å². The fraction of sp³-hybridized carbons (Fsp3) is 0.273. The highest BCUT2D eigenvalue weighted by molar-refractivity contribution is 6.09. The maximum absolute atomic E-state index is 12.2. The van der Waals surface area contributed by atoms with Crippen molar-refractivity contribution in [3.05, 3.63) is 36.2 Å². The van der Waals surface area contributed by atoms with Gasteiger partial charge in [0.25, 0.3) is 0 Å². The Morgan fingerprint density at radius 2 is 2.06 bits per heavy atom. The maximum atomic E-state index is 12.2. The molecule has 0 fully saturated rings. The summed E-state index contributed by atoms with van der Waals surface area (Å²) in [7, 11) is 1.51. The van der Waals surface area contributed by atoms with Crippen molar-refractivity contribution >= 4 is 5.78 Å². The lowest BCUT2D eigenvalue weighted by atomic mass is 10.1. The van der Waals surface area contributed by atoms with Crippen molar-refractivity contribution in [3.63, 3.8) is 0 Å². The Morgan fingerprint density at radius 3 is 2.65 bits per heavy atom. The van der Waals surface area contributed by atoms with E-state index in [2.05, 4.69) is 15.1 Å². The fourth-order valence-electron chi connectivity index (χ4n) is 1.54. The van der Waals surface area contributed by atoms with E-state index in [0.29, 0.717) is 23.6 Å². The van der Waals surface area contributed by atoms with Crippen molar-refractivity contribution in [3.8, 4) is 5.75 Å². The van der Waals surface area contributed by atoms with E-state index in [4.69, 9.17) is 4.74 Å². The SMILES string of the molecule is CCn1ncc(OC)c1C(=O)c1cncnc1. The molecule has 0 spiro atoms. The Bertz CT molecular complexity index is 500. The van der Waals surface area contributed by atoms with Gasteiger partial charge in [-0.25, -0.2) is 9.97 Å². The second kappa shape index (κ2) is 4.73. The number of aryl methyl sites for hydroxylation is 1. The Morgan fingerprint density at radius 1 is 1.35 bits per heavy atom. The van der Waals surface area contributed by atoms with Gasteiger partial charge in [0.05, 0.1) is 18.9 Å². The Balaban J connectivity index is 2.46. The average molecular weight is 232 g/mol. The number of rotatable bonds is 4. The highest BCUT2D eigenvalue weighted by Gasteiger charge is 2.20. The minimum absolute atomic E-state index is 0.193. The predicted molar refractivity (Wildman–Crippen MR) is 59.9 cm³/mol. The lowest BCUT2D eigenvalue weighted by Crippen LogP contribution is -2.12. The van der Waals surface area contributed by atoms with E-state index in [1.807, 2.05) is 6.92 Å². The van der Waals surface area contributed by atoms with Crippen LogP contribution in [0.4, 0.5) is 0 Å². The van der Waals surface area contributed by atoms with Crippen LogP contribution in [0.2, 0.25) is 0 Å². The van der Waals surface area contributed by atoms with E-state index < -0.39 is 0 Å². The highest BCUT2D eigenvalue weighted by Crippen LogP contribution is 2.20. The zero-order valence-electron chi connectivity index (χ0n) is 9.62. The smallest absolute Gasteiger partial charge is 0.217 e. The van der Waals surface area contributed by atoms with Gasteiger partial charge in [0.15, 0.2) is 11.4 Å². The molecule has 0 aliphatic carbocycles. The van der Waals surface area contributed by atoms with E-state index in [1.165, 1.54) is 32.0 Å². The monoisotopic (exact) mass is 232 g/mol. The number of hydrogen-bond acceptors (Lipinski definition) is 5. The zero-order valence-corrected chi connectivity index (χ0v) is 9.62. The molecule has 0 saturated carbocycles. The third kappa shape index (κ3) is 2.01. The minimum Gasteiger partial charge on any atom is -0.493 e. The van der Waals surface area contributed by atoms with Gasteiger partial charge in [-0.05, 0) is 6.92 Å². The van der Waals surface area contributed by atoms with Crippen LogP contribution < -0.4 is 4.74 Å². The van der Waals surface area contributed by atoms with Gasteiger partial charge in [-0.2, -0.15) is 5.10 Å². The van der Waals surface area contributed by atoms with E-state index in [9.17, 15) is 4.79 Å². The van der Waals surface area contributed by atoms with Crippen LogP contribution in [0.3, 0.4) is 0 Å². The van der Waals surface area contributed by atoms with Gasteiger partial charge in [0.2, 0.25) is 5.78 Å². The molecule has 0 radical (unpaired) electrons. The molecule has 0 aliphatic rings. The molecule has 88 valence electrons. The number of ether oxygens (including phenoxy) is 1. The lowest BCUT2D eigenvalue weighted by molar-refractivity contribution is 0.102. The first-order valence-corrected chi connectivity index (χ1v) is 5.17. The summed E-state index contributed by atoms with van der Waals surface area (Å²) in [6.07, 6.45) is 5.86. The van der Waals surface area contributed by atoms with Gasteiger partial charge in [0, 0.05) is 18.9 Å². The summed E-state index contributed by atoms with van der Waals surface area (Å²) in [5.74, 6) is 0.266. The second-order valence-corrected chi connectivity index (χ2v) is 3.33. The van der Waals surface area contributed by atoms with Crippen LogP contribution >= 0.6 is 0 Å². The third-order valence-electron chi connectivity index (χ3n) is 2.36. The standard InChI is InChI=1S/C11H12N4O2/c1-3-15-10(9(17-2)6-14-15)11(16)8-4-12-7-13-5-8/h4-7H,3H2,1-2H3. The summed E-state index contributed by atoms with van der Waals surface area (Å²) in [6.45, 7) is 2.50. The summed E-state index contributed by atoms with van der Waals surface area (Å²) < 4.78 is 6.72. The van der Waals surface area contributed by atoms with Crippen LogP contribution in [-0.4, -0.2) is 32.6 Å². The van der Waals surface area contributed by atoms with Crippen molar-refractivity contribution in [2.45, 2.75) is 13.5 Å². The zero-order chi connectivity index (χ0) is 12.3. The first-order chi connectivity index (χ1) is 8.27. The van der Waals surface area contributed by atoms with Crippen LogP contribution in [-0.2, 0) is 6.54 Å². The summed E-state index contributed by atoms with van der Waals surface area (Å²) in [6, 6.07) is 0. The summed E-state index contributed by atoms with van der Waals surface area (Å²) >= 11 is 0. The molecule has 0 bridgehead atoms. The topological polar surface area (TPSA) is 69.9 Å². The number of methoxy groups -OCH3 is 1. The van der Waals surface area contributed by atoms with Gasteiger partial charge < -0.3 is 4.74 Å². The molecule has 2 aromatic rings. The predicted octanol–water partition coefficient (Wildman–Crippen LogP) is 0.933. The largest absolute Gasteiger partial charge is 0.493 e. The van der Waals surface area contributed by atoms with E-state index in [0.717, 1.165) is 0 Å². The number of nitrogens with zero attached hydrogens (tertiary/aromatic N) is 4. The summed E-state index contributed by atoms with van der Waals surface area (Å²) in [5, 5.41) is 4.08. The van der Waals surface area contributed by atoms with Crippen molar-refractivity contribution in [1.82, 2.24) is 19.7 Å². The Labute approximate surface area is 98.3 Å². The van der Waals surface area contributed by atoms with Gasteiger partial charge >= 0.3 is 0 Å². The summed E-state index contributed by atoms with van der Waals surface area (Å²) in [4.78, 5) is 19.9. The van der Waals surface area contributed by atoms with Crippen molar-refractivity contribution in [1.29, 1.82) is 0 Å². The van der Waals surface area contributed by atoms with Gasteiger partial charge in [-0.3, -0.25) is 9.48 Å². The molecule has 6 heteroatoms. The van der Waals surface area contributed by atoms with Gasteiger partial charge in [-0.1, -0.05) is 0 Å². The second-order valence-electron chi connectivity index (χ2n) is 3.33. The summed E-state index contributed by atoms with van der Waals surface area (Å²) in [5.41, 5.74) is 0.839. The first-order valence-electron chi connectivity index (χ1n) is 5.17. The molecule has 0 N–H and O–H groups in total. The highest BCUT2D eigenvalue weighted by atomic mass is 16.5. The normalized spacial score (nSPS) is 10.2. The lowest BCUT2D eigenvalue weighted by Gasteiger charge is -2.05. The van der Waals surface area contributed by atoms with Gasteiger partial charge in [-0.15, -0.1) is 0 Å². The molecule has 0 amide bonds. The number of carbonyl (C=O) groups is 1. The molecule has 6 nitrogen and oxygen atoms in total. The number of ketones is 1. The number of hydrogen-bond donors (Lipinski definition) is 0. The fourth-order valence-corrected chi connectivity index (χ4v) is 1.54. The van der Waals surface area contributed by atoms with Crippen LogP contribution in [0.1, 0.15) is 23.0 Å².